The maximum atomic E-state index is 13.2. The van der Waals surface area contributed by atoms with Crippen molar-refractivity contribution in [2.45, 2.75) is 38.6 Å². The van der Waals surface area contributed by atoms with Gasteiger partial charge in [-0.2, -0.15) is 0 Å². The van der Waals surface area contributed by atoms with Crippen molar-refractivity contribution >= 4 is 17.8 Å². The first-order valence-electron chi connectivity index (χ1n) is 11.1. The molecule has 1 aliphatic heterocycles. The summed E-state index contributed by atoms with van der Waals surface area (Å²) in [6, 6.07) is 16.1. The number of nitrogens with one attached hydrogen (secondary N) is 1. The summed E-state index contributed by atoms with van der Waals surface area (Å²) in [6.07, 6.45) is 2.27. The van der Waals surface area contributed by atoms with E-state index >= 15 is 0 Å². The first-order valence-corrected chi connectivity index (χ1v) is 11.1. The van der Waals surface area contributed by atoms with Crippen molar-refractivity contribution in [3.63, 3.8) is 0 Å². The van der Waals surface area contributed by atoms with Gasteiger partial charge in [-0.25, -0.2) is 0 Å². The average molecular weight is 439 g/mol. The van der Waals surface area contributed by atoms with E-state index in [9.17, 15) is 14.4 Å². The van der Waals surface area contributed by atoms with Gasteiger partial charge in [0.05, 0.1) is 19.6 Å². The molecule has 1 N–H and O–H groups in total. The van der Waals surface area contributed by atoms with Gasteiger partial charge in [-0.05, 0) is 30.2 Å². The number of amides is 2. The van der Waals surface area contributed by atoms with Gasteiger partial charge in [0.2, 0.25) is 5.91 Å². The van der Waals surface area contributed by atoms with Crippen LogP contribution < -0.4 is 10.1 Å². The van der Waals surface area contributed by atoms with E-state index in [1.807, 2.05) is 37.3 Å². The van der Waals surface area contributed by atoms with E-state index in [0.29, 0.717) is 37.6 Å². The quantitative estimate of drug-likeness (QED) is 0.455. The molecule has 0 saturated carbocycles. The Morgan fingerprint density at radius 3 is 2.69 bits per heavy atom. The Bertz CT molecular complexity index is 916. The number of piperazine rings is 1. The van der Waals surface area contributed by atoms with Crippen LogP contribution in [0.3, 0.4) is 0 Å². The van der Waals surface area contributed by atoms with Crippen LogP contribution in [0.25, 0.3) is 0 Å². The highest BCUT2D eigenvalue weighted by atomic mass is 16.5. The number of nitrogens with zero attached hydrogens (tertiary/aromatic N) is 1. The lowest BCUT2D eigenvalue weighted by molar-refractivity contribution is -0.147. The molecule has 170 valence electrons. The number of rotatable bonds is 10. The van der Waals surface area contributed by atoms with Gasteiger partial charge in [-0.1, -0.05) is 49.7 Å². The van der Waals surface area contributed by atoms with Crippen LogP contribution in [0.1, 0.15) is 42.1 Å². The molecular weight excluding hydrogens is 408 g/mol. The van der Waals surface area contributed by atoms with Crippen LogP contribution in [0.4, 0.5) is 0 Å². The zero-order valence-electron chi connectivity index (χ0n) is 18.4. The lowest BCUT2D eigenvalue weighted by Gasteiger charge is -2.34. The normalized spacial score (nSPS) is 15.7. The Morgan fingerprint density at radius 2 is 1.91 bits per heavy atom. The molecule has 0 aliphatic carbocycles. The van der Waals surface area contributed by atoms with E-state index in [2.05, 4.69) is 5.32 Å². The van der Waals surface area contributed by atoms with Crippen molar-refractivity contribution in [3.8, 4) is 5.75 Å². The molecule has 0 bridgehead atoms. The fourth-order valence-electron chi connectivity index (χ4n) is 3.52. The number of benzene rings is 2. The van der Waals surface area contributed by atoms with Crippen molar-refractivity contribution in [1.29, 1.82) is 0 Å². The SMILES string of the molecule is CCCCOC(=O)CC1C(=O)NCCN1C(=O)c1cccc(OCCc2ccccc2)c1. The Kier molecular flexibility index (Phi) is 8.66. The molecule has 2 aromatic rings. The van der Waals surface area contributed by atoms with Gasteiger partial charge in [0.25, 0.3) is 5.91 Å². The van der Waals surface area contributed by atoms with E-state index in [1.165, 1.54) is 10.5 Å². The lowest BCUT2D eigenvalue weighted by atomic mass is 10.1. The monoisotopic (exact) mass is 438 g/mol. The lowest BCUT2D eigenvalue weighted by Crippen LogP contribution is -2.57. The molecule has 1 heterocycles. The predicted octanol–water partition coefficient (Wildman–Crippen LogP) is 2.98. The van der Waals surface area contributed by atoms with Crippen LogP contribution >= 0.6 is 0 Å². The zero-order chi connectivity index (χ0) is 22.8. The Hall–Kier alpha value is -3.35. The summed E-state index contributed by atoms with van der Waals surface area (Å²) in [6.45, 7) is 3.48. The highest BCUT2D eigenvalue weighted by Crippen LogP contribution is 2.19. The van der Waals surface area contributed by atoms with Gasteiger partial charge in [0.15, 0.2) is 0 Å². The summed E-state index contributed by atoms with van der Waals surface area (Å²) in [5, 5.41) is 2.73. The molecule has 3 rings (SSSR count). The average Bonchev–Trinajstić information content (AvgIpc) is 2.81. The van der Waals surface area contributed by atoms with E-state index in [1.54, 1.807) is 24.3 Å². The molecule has 0 spiro atoms. The number of carbonyl (C=O) groups is 3. The molecule has 1 atom stereocenters. The molecule has 1 fully saturated rings. The Labute approximate surface area is 188 Å². The molecule has 1 aliphatic rings. The summed E-state index contributed by atoms with van der Waals surface area (Å²) >= 11 is 0. The molecule has 32 heavy (non-hydrogen) atoms. The van der Waals surface area contributed by atoms with Gasteiger partial charge in [-0.15, -0.1) is 0 Å². The second-order valence-corrected chi connectivity index (χ2v) is 7.70. The summed E-state index contributed by atoms with van der Waals surface area (Å²) in [5.41, 5.74) is 1.59. The molecule has 7 nitrogen and oxygen atoms in total. The third-order valence-corrected chi connectivity index (χ3v) is 5.30. The van der Waals surface area contributed by atoms with Crippen LogP contribution in [0.15, 0.2) is 54.6 Å². The van der Waals surface area contributed by atoms with Gasteiger partial charge < -0.3 is 19.7 Å². The van der Waals surface area contributed by atoms with Crippen LogP contribution in [-0.2, 0) is 20.7 Å². The maximum Gasteiger partial charge on any atom is 0.308 e. The van der Waals surface area contributed by atoms with Gasteiger partial charge in [0.1, 0.15) is 11.8 Å². The second-order valence-electron chi connectivity index (χ2n) is 7.70. The number of esters is 1. The van der Waals surface area contributed by atoms with Crippen molar-refractivity contribution in [2.24, 2.45) is 0 Å². The fraction of sp³-hybridized carbons (Fsp3) is 0.400. The number of ether oxygens (including phenoxy) is 2. The summed E-state index contributed by atoms with van der Waals surface area (Å²) < 4.78 is 11.0. The minimum Gasteiger partial charge on any atom is -0.493 e. The first-order chi connectivity index (χ1) is 15.6. The van der Waals surface area contributed by atoms with Crippen molar-refractivity contribution < 1.29 is 23.9 Å². The Morgan fingerprint density at radius 1 is 1.09 bits per heavy atom. The van der Waals surface area contributed by atoms with E-state index in [0.717, 1.165) is 19.3 Å². The third-order valence-electron chi connectivity index (χ3n) is 5.30. The minimum absolute atomic E-state index is 0.158. The summed E-state index contributed by atoms with van der Waals surface area (Å²) in [5.74, 6) is -0.535. The smallest absolute Gasteiger partial charge is 0.308 e. The summed E-state index contributed by atoms with van der Waals surface area (Å²) in [4.78, 5) is 39.2. The molecule has 1 saturated heterocycles. The number of unbranched alkanes of at least 4 members (excludes halogenated alkanes) is 1. The predicted molar refractivity (Wildman–Crippen MR) is 120 cm³/mol. The van der Waals surface area contributed by atoms with Crippen molar-refractivity contribution in [1.82, 2.24) is 10.2 Å². The van der Waals surface area contributed by atoms with Gasteiger partial charge >= 0.3 is 5.97 Å². The minimum atomic E-state index is -0.881. The van der Waals surface area contributed by atoms with Gasteiger partial charge in [0, 0.05) is 25.1 Å². The number of hydrogen-bond donors (Lipinski definition) is 1. The highest BCUT2D eigenvalue weighted by molar-refractivity contribution is 5.99. The van der Waals surface area contributed by atoms with Crippen LogP contribution in [0.5, 0.6) is 5.75 Å². The second kappa shape index (κ2) is 11.9. The molecule has 0 radical (unpaired) electrons. The van der Waals surface area contributed by atoms with Gasteiger partial charge in [-0.3, -0.25) is 14.4 Å². The van der Waals surface area contributed by atoms with Crippen LogP contribution in [0.2, 0.25) is 0 Å². The fourth-order valence-corrected chi connectivity index (χ4v) is 3.52. The van der Waals surface area contributed by atoms with E-state index in [4.69, 9.17) is 9.47 Å². The first kappa shape index (κ1) is 23.3. The summed E-state index contributed by atoms with van der Waals surface area (Å²) in [7, 11) is 0. The topological polar surface area (TPSA) is 84.9 Å². The number of hydrogen-bond acceptors (Lipinski definition) is 5. The highest BCUT2D eigenvalue weighted by Gasteiger charge is 2.35. The molecule has 1 unspecified atom stereocenters. The molecule has 7 heteroatoms. The van der Waals surface area contributed by atoms with E-state index in [-0.39, 0.29) is 18.2 Å². The van der Waals surface area contributed by atoms with Crippen LogP contribution in [-0.4, -0.2) is 55.0 Å². The van der Waals surface area contributed by atoms with Crippen molar-refractivity contribution in [3.05, 3.63) is 65.7 Å². The largest absolute Gasteiger partial charge is 0.493 e. The van der Waals surface area contributed by atoms with E-state index < -0.39 is 12.0 Å². The Balaban J connectivity index is 1.63. The molecule has 2 aromatic carbocycles. The van der Waals surface area contributed by atoms with Crippen LogP contribution in [0, 0.1) is 0 Å². The third kappa shape index (κ3) is 6.57. The molecular formula is C25H30N2O5. The number of carbonyl (C=O) groups excluding carboxylic acids is 3. The van der Waals surface area contributed by atoms with Crippen molar-refractivity contribution in [2.75, 3.05) is 26.3 Å². The molecule has 2 amide bonds. The standard InChI is InChI=1S/C25H30N2O5/c1-2-3-15-32-23(28)18-22-24(29)26-13-14-27(22)25(30)20-10-7-11-21(17-20)31-16-12-19-8-5-4-6-9-19/h4-11,17,22H,2-3,12-16,18H2,1H3,(H,26,29). The maximum absolute atomic E-state index is 13.2. The zero-order valence-corrected chi connectivity index (χ0v) is 18.4. The molecule has 0 aromatic heterocycles.